The number of ether oxygens (including phenoxy) is 1. The van der Waals surface area contributed by atoms with Crippen LogP contribution in [0.3, 0.4) is 0 Å². The van der Waals surface area contributed by atoms with Gasteiger partial charge < -0.3 is 9.64 Å². The summed E-state index contributed by atoms with van der Waals surface area (Å²) in [5.41, 5.74) is 1.98. The molecule has 0 fully saturated rings. The van der Waals surface area contributed by atoms with Crippen LogP contribution in [-0.2, 0) is 10.0 Å². The van der Waals surface area contributed by atoms with E-state index in [2.05, 4.69) is 4.72 Å². The van der Waals surface area contributed by atoms with Crippen molar-refractivity contribution in [3.8, 4) is 5.75 Å². The Labute approximate surface area is 187 Å². The SMILES string of the molecule is COc1ccccc1C(C)N(C)C(=O)c1cc(S(=O)(=O)Nc2ccc(F)cc2)ccc1C. The van der Waals surface area contributed by atoms with E-state index in [0.717, 1.165) is 17.7 Å². The van der Waals surface area contributed by atoms with Crippen LogP contribution in [-0.4, -0.2) is 33.4 Å². The predicted molar refractivity (Wildman–Crippen MR) is 122 cm³/mol. The number of para-hydroxylation sites is 1. The van der Waals surface area contributed by atoms with Gasteiger partial charge in [-0.3, -0.25) is 9.52 Å². The third-order valence-electron chi connectivity index (χ3n) is 5.34. The highest BCUT2D eigenvalue weighted by molar-refractivity contribution is 7.92. The summed E-state index contributed by atoms with van der Waals surface area (Å²) in [4.78, 5) is 14.8. The number of hydrogen-bond donors (Lipinski definition) is 1. The van der Waals surface area contributed by atoms with E-state index >= 15 is 0 Å². The number of aryl methyl sites for hydroxylation is 1. The lowest BCUT2D eigenvalue weighted by Crippen LogP contribution is -2.30. The van der Waals surface area contributed by atoms with Crippen LogP contribution < -0.4 is 9.46 Å². The summed E-state index contributed by atoms with van der Waals surface area (Å²) >= 11 is 0. The molecule has 1 atom stereocenters. The van der Waals surface area contributed by atoms with Gasteiger partial charge in [0.05, 0.1) is 18.0 Å². The maximum atomic E-state index is 13.3. The molecule has 0 aliphatic heterocycles. The summed E-state index contributed by atoms with van der Waals surface area (Å²) in [6, 6.07) is 16.5. The second-order valence-corrected chi connectivity index (χ2v) is 9.11. The minimum Gasteiger partial charge on any atom is -0.496 e. The normalized spacial score (nSPS) is 12.2. The molecule has 3 aromatic rings. The van der Waals surface area contributed by atoms with Crippen LogP contribution in [0.25, 0.3) is 0 Å². The fraction of sp³-hybridized carbons (Fsp3) is 0.208. The Morgan fingerprint density at radius 2 is 1.72 bits per heavy atom. The van der Waals surface area contributed by atoms with Gasteiger partial charge in [-0.15, -0.1) is 0 Å². The summed E-state index contributed by atoms with van der Waals surface area (Å²) in [5, 5.41) is 0. The third-order valence-corrected chi connectivity index (χ3v) is 6.72. The second-order valence-electron chi connectivity index (χ2n) is 7.42. The van der Waals surface area contributed by atoms with Gasteiger partial charge >= 0.3 is 0 Å². The Morgan fingerprint density at radius 3 is 2.38 bits per heavy atom. The van der Waals surface area contributed by atoms with Gasteiger partial charge in [-0.05, 0) is 61.9 Å². The zero-order valence-corrected chi connectivity index (χ0v) is 19.1. The topological polar surface area (TPSA) is 75.7 Å². The van der Waals surface area contributed by atoms with Gasteiger partial charge in [-0.2, -0.15) is 0 Å². The number of nitrogens with zero attached hydrogens (tertiary/aromatic N) is 1. The largest absolute Gasteiger partial charge is 0.496 e. The molecular formula is C24H25FN2O4S. The van der Waals surface area contributed by atoms with Gasteiger partial charge in [0.2, 0.25) is 0 Å². The maximum Gasteiger partial charge on any atom is 0.261 e. The first-order chi connectivity index (χ1) is 15.1. The molecule has 0 aliphatic rings. The number of methoxy groups -OCH3 is 1. The molecule has 0 saturated heterocycles. The molecular weight excluding hydrogens is 431 g/mol. The highest BCUT2D eigenvalue weighted by Gasteiger charge is 2.24. The highest BCUT2D eigenvalue weighted by Crippen LogP contribution is 2.30. The minimum atomic E-state index is -3.97. The Kier molecular flexibility index (Phi) is 6.84. The maximum absolute atomic E-state index is 13.3. The Morgan fingerprint density at radius 1 is 1.06 bits per heavy atom. The first kappa shape index (κ1) is 23.3. The van der Waals surface area contributed by atoms with Crippen LogP contribution in [0.4, 0.5) is 10.1 Å². The molecule has 0 aromatic heterocycles. The number of nitrogens with one attached hydrogen (secondary N) is 1. The van der Waals surface area contributed by atoms with Crippen LogP contribution >= 0.6 is 0 Å². The average Bonchev–Trinajstić information content (AvgIpc) is 2.79. The Hall–Kier alpha value is -3.39. The second kappa shape index (κ2) is 9.40. The van der Waals surface area contributed by atoms with Crippen molar-refractivity contribution in [2.24, 2.45) is 0 Å². The molecule has 0 radical (unpaired) electrons. The number of carbonyl (C=O) groups is 1. The van der Waals surface area contributed by atoms with E-state index in [1.807, 2.05) is 31.2 Å². The molecule has 3 aromatic carbocycles. The van der Waals surface area contributed by atoms with Crippen molar-refractivity contribution in [3.05, 3.63) is 89.2 Å². The predicted octanol–water partition coefficient (Wildman–Crippen LogP) is 4.78. The van der Waals surface area contributed by atoms with Crippen LogP contribution in [0.5, 0.6) is 5.75 Å². The molecule has 8 heteroatoms. The van der Waals surface area contributed by atoms with Crippen molar-refractivity contribution in [1.82, 2.24) is 4.90 Å². The third kappa shape index (κ3) is 4.91. The van der Waals surface area contributed by atoms with Crippen molar-refractivity contribution < 1.29 is 22.3 Å². The number of hydrogen-bond acceptors (Lipinski definition) is 4. The fourth-order valence-corrected chi connectivity index (χ4v) is 4.40. The number of benzene rings is 3. The summed E-state index contributed by atoms with van der Waals surface area (Å²) in [6.45, 7) is 3.63. The number of carbonyl (C=O) groups excluding carboxylic acids is 1. The number of anilines is 1. The standard InChI is InChI=1S/C24H25FN2O4S/c1-16-9-14-20(32(29,30)26-19-12-10-18(25)11-13-19)15-22(16)24(28)27(3)17(2)21-7-5-6-8-23(21)31-4/h5-15,17,26H,1-4H3. The van der Waals surface area contributed by atoms with Crippen molar-refractivity contribution >= 4 is 21.6 Å². The fourth-order valence-electron chi connectivity index (χ4n) is 3.32. The average molecular weight is 457 g/mol. The molecule has 6 nitrogen and oxygen atoms in total. The molecule has 1 N–H and O–H groups in total. The van der Waals surface area contributed by atoms with E-state index in [4.69, 9.17) is 4.74 Å². The van der Waals surface area contributed by atoms with Crippen LogP contribution in [0.2, 0.25) is 0 Å². The Bertz CT molecular complexity index is 1230. The number of amides is 1. The summed E-state index contributed by atoms with van der Waals surface area (Å²) in [7, 11) is -0.738. The van der Waals surface area contributed by atoms with Crippen molar-refractivity contribution in [1.29, 1.82) is 0 Å². The monoisotopic (exact) mass is 456 g/mol. The van der Waals surface area contributed by atoms with Crippen LogP contribution in [0.15, 0.2) is 71.6 Å². The Balaban J connectivity index is 1.90. The lowest BCUT2D eigenvalue weighted by Gasteiger charge is -2.27. The molecule has 0 heterocycles. The van der Waals surface area contributed by atoms with Crippen molar-refractivity contribution in [3.63, 3.8) is 0 Å². The zero-order chi connectivity index (χ0) is 23.5. The summed E-state index contributed by atoms with van der Waals surface area (Å²) < 4.78 is 46.6. The van der Waals surface area contributed by atoms with Gasteiger partial charge in [-0.1, -0.05) is 24.3 Å². The first-order valence-electron chi connectivity index (χ1n) is 9.93. The number of halogens is 1. The summed E-state index contributed by atoms with van der Waals surface area (Å²) in [6.07, 6.45) is 0. The van der Waals surface area contributed by atoms with Crippen molar-refractivity contribution in [2.45, 2.75) is 24.8 Å². The molecule has 168 valence electrons. The molecule has 0 saturated carbocycles. The van der Waals surface area contributed by atoms with E-state index in [0.29, 0.717) is 11.3 Å². The van der Waals surface area contributed by atoms with E-state index in [9.17, 15) is 17.6 Å². The number of rotatable bonds is 7. The van der Waals surface area contributed by atoms with E-state index in [1.165, 1.54) is 24.3 Å². The van der Waals surface area contributed by atoms with Gasteiger partial charge in [0.15, 0.2) is 0 Å². The molecule has 1 amide bonds. The smallest absolute Gasteiger partial charge is 0.261 e. The molecule has 3 rings (SSSR count). The van der Waals surface area contributed by atoms with E-state index in [1.54, 1.807) is 32.0 Å². The molecule has 0 aliphatic carbocycles. The minimum absolute atomic E-state index is 0.0610. The highest BCUT2D eigenvalue weighted by atomic mass is 32.2. The van der Waals surface area contributed by atoms with Crippen molar-refractivity contribution in [2.75, 3.05) is 18.9 Å². The number of sulfonamides is 1. The molecule has 32 heavy (non-hydrogen) atoms. The van der Waals surface area contributed by atoms with Gasteiger partial charge in [0.25, 0.3) is 15.9 Å². The molecule has 0 spiro atoms. The van der Waals surface area contributed by atoms with Crippen LogP contribution in [0.1, 0.15) is 34.5 Å². The van der Waals surface area contributed by atoms with E-state index < -0.39 is 15.8 Å². The first-order valence-corrected chi connectivity index (χ1v) is 11.4. The van der Waals surface area contributed by atoms with Gasteiger partial charge in [0, 0.05) is 23.9 Å². The molecule has 0 bridgehead atoms. The van der Waals surface area contributed by atoms with Crippen LogP contribution in [0, 0.1) is 12.7 Å². The lowest BCUT2D eigenvalue weighted by molar-refractivity contribution is 0.0740. The van der Waals surface area contributed by atoms with E-state index in [-0.39, 0.29) is 28.1 Å². The van der Waals surface area contributed by atoms with Gasteiger partial charge in [0.1, 0.15) is 11.6 Å². The summed E-state index contributed by atoms with van der Waals surface area (Å²) in [5.74, 6) is -0.126. The zero-order valence-electron chi connectivity index (χ0n) is 18.3. The van der Waals surface area contributed by atoms with Gasteiger partial charge in [-0.25, -0.2) is 12.8 Å². The quantitative estimate of drug-likeness (QED) is 0.555. The molecule has 1 unspecified atom stereocenters. The lowest BCUT2D eigenvalue weighted by atomic mass is 10.0.